The van der Waals surface area contributed by atoms with Crippen molar-refractivity contribution in [2.45, 2.75) is 32.2 Å². The number of imidazole rings is 1. The molecule has 1 aromatic heterocycles. The van der Waals surface area contributed by atoms with Gasteiger partial charge in [-0.2, -0.15) is 0 Å². The number of benzene rings is 2. The lowest BCUT2D eigenvalue weighted by molar-refractivity contribution is 0.0717. The molecule has 1 fully saturated rings. The first-order valence-corrected chi connectivity index (χ1v) is 10.3. The normalized spacial score (nSPS) is 20.1. The molecule has 1 atom stereocenters. The summed E-state index contributed by atoms with van der Waals surface area (Å²) >= 11 is 0. The van der Waals surface area contributed by atoms with Crippen LogP contribution in [-0.2, 0) is 6.42 Å². The Labute approximate surface area is 165 Å². The van der Waals surface area contributed by atoms with Crippen LogP contribution in [0.15, 0.2) is 48.8 Å². The highest BCUT2D eigenvalue weighted by Crippen LogP contribution is 2.25. The third-order valence-electron chi connectivity index (χ3n) is 6.34. The van der Waals surface area contributed by atoms with Gasteiger partial charge in [-0.25, -0.2) is 4.98 Å². The molecule has 0 saturated carbocycles. The number of aromatic nitrogens is 2. The van der Waals surface area contributed by atoms with Gasteiger partial charge in [0.1, 0.15) is 6.33 Å². The van der Waals surface area contributed by atoms with Crippen LogP contribution < -0.4 is 0 Å². The van der Waals surface area contributed by atoms with E-state index < -0.39 is 0 Å². The Bertz CT molecular complexity index is 1020. The van der Waals surface area contributed by atoms with Crippen molar-refractivity contribution in [1.29, 1.82) is 0 Å². The first-order chi connectivity index (χ1) is 13.7. The summed E-state index contributed by atoms with van der Waals surface area (Å²) in [7, 11) is 0. The van der Waals surface area contributed by atoms with Crippen LogP contribution in [0, 0.1) is 0 Å². The zero-order chi connectivity index (χ0) is 19.1. The van der Waals surface area contributed by atoms with Crippen molar-refractivity contribution in [3.63, 3.8) is 0 Å². The maximum atomic E-state index is 13.0. The smallest absolute Gasteiger partial charge is 0.254 e. The van der Waals surface area contributed by atoms with E-state index in [9.17, 15) is 4.79 Å². The zero-order valence-corrected chi connectivity index (χ0v) is 16.3. The minimum atomic E-state index is 0.176. The fourth-order valence-corrected chi connectivity index (χ4v) is 4.63. The lowest BCUT2D eigenvalue weighted by Crippen LogP contribution is -2.43. The molecule has 28 heavy (non-hydrogen) atoms. The third-order valence-corrected chi connectivity index (χ3v) is 6.34. The van der Waals surface area contributed by atoms with Crippen molar-refractivity contribution in [3.05, 3.63) is 59.9 Å². The Morgan fingerprint density at radius 2 is 2.00 bits per heavy atom. The van der Waals surface area contributed by atoms with E-state index in [1.165, 1.54) is 19.4 Å². The van der Waals surface area contributed by atoms with E-state index in [1.54, 1.807) is 0 Å². The molecule has 3 heterocycles. The summed E-state index contributed by atoms with van der Waals surface area (Å²) in [6.45, 7) is 6.09. The topological polar surface area (TPSA) is 41.4 Å². The maximum absolute atomic E-state index is 13.0. The minimum absolute atomic E-state index is 0.176. The largest absolute Gasteiger partial charge is 0.337 e. The molecule has 0 unspecified atom stereocenters. The van der Waals surface area contributed by atoms with Gasteiger partial charge in [-0.1, -0.05) is 12.1 Å². The Kier molecular flexibility index (Phi) is 4.40. The number of carbonyl (C=O) groups excluding carboxylic acids is 1. The van der Waals surface area contributed by atoms with E-state index in [4.69, 9.17) is 0 Å². The van der Waals surface area contributed by atoms with E-state index in [2.05, 4.69) is 33.5 Å². The molecular weight excluding hydrogens is 348 g/mol. The lowest BCUT2D eigenvalue weighted by atomic mass is 9.98. The SMILES string of the molecule is C[C@@H]1CCCN1CCN1CCc2cc(-n3cnc4ccccc43)ccc2C1=O. The van der Waals surface area contributed by atoms with Crippen molar-refractivity contribution >= 4 is 16.9 Å². The molecule has 0 N–H and O–H groups in total. The number of para-hydroxylation sites is 2. The molecule has 5 heteroatoms. The quantitative estimate of drug-likeness (QED) is 0.702. The average Bonchev–Trinajstić information content (AvgIpc) is 3.33. The van der Waals surface area contributed by atoms with Gasteiger partial charge in [0.2, 0.25) is 0 Å². The Balaban J connectivity index is 1.36. The zero-order valence-electron chi connectivity index (χ0n) is 16.3. The Morgan fingerprint density at radius 3 is 2.86 bits per heavy atom. The average molecular weight is 374 g/mol. The fourth-order valence-electron chi connectivity index (χ4n) is 4.63. The summed E-state index contributed by atoms with van der Waals surface area (Å²) in [5.41, 5.74) is 5.14. The predicted molar refractivity (Wildman–Crippen MR) is 111 cm³/mol. The van der Waals surface area contributed by atoms with Crippen molar-refractivity contribution in [2.24, 2.45) is 0 Å². The van der Waals surface area contributed by atoms with Crippen LogP contribution in [0.25, 0.3) is 16.7 Å². The molecule has 5 rings (SSSR count). The van der Waals surface area contributed by atoms with Gasteiger partial charge in [-0.3, -0.25) is 14.3 Å². The van der Waals surface area contributed by atoms with Crippen molar-refractivity contribution in [3.8, 4) is 5.69 Å². The van der Waals surface area contributed by atoms with Crippen LogP contribution in [0.1, 0.15) is 35.7 Å². The summed E-state index contributed by atoms with van der Waals surface area (Å²) < 4.78 is 2.10. The van der Waals surface area contributed by atoms with Gasteiger partial charge in [0, 0.05) is 36.9 Å². The lowest BCUT2D eigenvalue weighted by Gasteiger charge is -2.31. The van der Waals surface area contributed by atoms with Crippen LogP contribution in [-0.4, -0.2) is 57.5 Å². The maximum Gasteiger partial charge on any atom is 0.254 e. The van der Waals surface area contributed by atoms with E-state index in [-0.39, 0.29) is 5.91 Å². The molecule has 2 aliphatic heterocycles. The van der Waals surface area contributed by atoms with Gasteiger partial charge in [-0.15, -0.1) is 0 Å². The molecule has 5 nitrogen and oxygen atoms in total. The number of likely N-dealkylation sites (tertiary alicyclic amines) is 1. The van der Waals surface area contributed by atoms with E-state index in [1.807, 2.05) is 41.6 Å². The fraction of sp³-hybridized carbons (Fsp3) is 0.391. The van der Waals surface area contributed by atoms with Gasteiger partial charge < -0.3 is 4.90 Å². The number of amides is 1. The Morgan fingerprint density at radius 1 is 1.11 bits per heavy atom. The van der Waals surface area contributed by atoms with Gasteiger partial charge in [0.05, 0.1) is 11.0 Å². The molecule has 2 aliphatic rings. The molecular formula is C23H26N4O. The highest BCUT2D eigenvalue weighted by atomic mass is 16.2. The standard InChI is InChI=1S/C23H26N4O/c1-17-5-4-11-25(17)13-14-26-12-10-18-15-19(8-9-20(18)23(26)28)27-16-24-21-6-2-3-7-22(21)27/h2-3,6-9,15-17H,4-5,10-14H2,1H3/t17-/m1/s1. The number of hydrogen-bond donors (Lipinski definition) is 0. The van der Waals surface area contributed by atoms with E-state index in [0.717, 1.165) is 53.9 Å². The molecule has 3 aromatic rings. The molecule has 0 aliphatic carbocycles. The summed E-state index contributed by atoms with van der Waals surface area (Å²) in [5.74, 6) is 0.176. The molecule has 0 radical (unpaired) electrons. The van der Waals surface area contributed by atoms with E-state index in [0.29, 0.717) is 6.04 Å². The van der Waals surface area contributed by atoms with Crippen LogP contribution in [0.4, 0.5) is 0 Å². The van der Waals surface area contributed by atoms with Gasteiger partial charge in [0.25, 0.3) is 5.91 Å². The number of carbonyl (C=O) groups is 1. The molecule has 1 amide bonds. The van der Waals surface area contributed by atoms with Gasteiger partial charge in [-0.05, 0) is 68.6 Å². The number of hydrogen-bond acceptors (Lipinski definition) is 3. The van der Waals surface area contributed by atoms with E-state index >= 15 is 0 Å². The van der Waals surface area contributed by atoms with Gasteiger partial charge >= 0.3 is 0 Å². The summed E-state index contributed by atoms with van der Waals surface area (Å²) in [6.07, 6.45) is 5.34. The second kappa shape index (κ2) is 7.06. The Hall–Kier alpha value is -2.66. The summed E-state index contributed by atoms with van der Waals surface area (Å²) in [5, 5.41) is 0. The first kappa shape index (κ1) is 17.4. The van der Waals surface area contributed by atoms with Crippen LogP contribution in [0.5, 0.6) is 0 Å². The van der Waals surface area contributed by atoms with Gasteiger partial charge in [0.15, 0.2) is 0 Å². The molecule has 144 valence electrons. The highest BCUT2D eigenvalue weighted by molar-refractivity contribution is 5.97. The molecule has 0 spiro atoms. The summed E-state index contributed by atoms with van der Waals surface area (Å²) in [4.78, 5) is 22.0. The molecule has 0 bridgehead atoms. The number of nitrogens with zero attached hydrogens (tertiary/aromatic N) is 4. The highest BCUT2D eigenvalue weighted by Gasteiger charge is 2.26. The van der Waals surface area contributed by atoms with Crippen LogP contribution in [0.2, 0.25) is 0 Å². The van der Waals surface area contributed by atoms with Crippen LogP contribution in [0.3, 0.4) is 0 Å². The molecule has 2 aromatic carbocycles. The molecule has 1 saturated heterocycles. The monoisotopic (exact) mass is 374 g/mol. The number of rotatable bonds is 4. The minimum Gasteiger partial charge on any atom is -0.337 e. The number of fused-ring (bicyclic) bond motifs is 2. The third kappa shape index (κ3) is 3.00. The second-order valence-corrected chi connectivity index (χ2v) is 8.01. The van der Waals surface area contributed by atoms with Crippen LogP contribution >= 0.6 is 0 Å². The van der Waals surface area contributed by atoms with Crippen molar-refractivity contribution in [2.75, 3.05) is 26.2 Å². The predicted octanol–water partition coefficient (Wildman–Crippen LogP) is 3.51. The first-order valence-electron chi connectivity index (χ1n) is 10.3. The summed E-state index contributed by atoms with van der Waals surface area (Å²) in [6, 6.07) is 15.0. The van der Waals surface area contributed by atoms with Crippen molar-refractivity contribution in [1.82, 2.24) is 19.4 Å². The second-order valence-electron chi connectivity index (χ2n) is 8.01. The van der Waals surface area contributed by atoms with Crippen molar-refractivity contribution < 1.29 is 4.79 Å².